The molecule has 0 aliphatic rings. The van der Waals surface area contributed by atoms with E-state index in [1.165, 1.54) is 15.9 Å². The third-order valence-electron chi connectivity index (χ3n) is 4.91. The summed E-state index contributed by atoms with van der Waals surface area (Å²) in [6.07, 6.45) is 0.931. The molecule has 0 aliphatic heterocycles. The van der Waals surface area contributed by atoms with Crippen molar-refractivity contribution in [2.75, 3.05) is 13.3 Å². The zero-order chi connectivity index (χ0) is 16.2. The molecule has 0 saturated carbocycles. The molecule has 0 aliphatic carbocycles. The summed E-state index contributed by atoms with van der Waals surface area (Å²) in [6.45, 7) is -0.682. The average Bonchev–Trinajstić information content (AvgIpc) is 2.67. The number of benzene rings is 3. The van der Waals surface area contributed by atoms with E-state index in [1.807, 2.05) is 7.11 Å². The van der Waals surface area contributed by atoms with Crippen molar-refractivity contribution >= 4 is 39.7 Å². The zero-order valence-electron chi connectivity index (χ0n) is 14.1. The molecule has 3 rings (SSSR count). The van der Waals surface area contributed by atoms with Gasteiger partial charge in [-0.1, -0.05) is 0 Å². The van der Waals surface area contributed by atoms with E-state index in [4.69, 9.17) is 4.52 Å². The Hall–Kier alpha value is -1.47. The first kappa shape index (κ1) is 18.9. The van der Waals surface area contributed by atoms with Crippen LogP contribution < -0.4 is 15.9 Å². The van der Waals surface area contributed by atoms with Crippen LogP contribution in [0.3, 0.4) is 0 Å². The molecule has 0 radical (unpaired) electrons. The van der Waals surface area contributed by atoms with Crippen molar-refractivity contribution in [3.05, 3.63) is 91.0 Å². The Bertz CT molecular complexity index is 652. The van der Waals surface area contributed by atoms with Gasteiger partial charge in [-0.05, 0) is 0 Å². The minimum atomic E-state index is -2.93. The fourth-order valence-corrected chi connectivity index (χ4v) is 8.96. The number of hydrogen-bond acceptors (Lipinski definition) is 1. The molecule has 0 aromatic heterocycles. The molecule has 1 nitrogen and oxygen atoms in total. The molecule has 24 heavy (non-hydrogen) atoms. The molecule has 0 N–H and O–H groups in total. The third kappa shape index (κ3) is 2.63. The second-order valence-electron chi connectivity index (χ2n) is 5.72. The average molecular weight is 403 g/mol. The fraction of sp³-hybridized carbons (Fsp3) is 0.143. The number of rotatable bonds is 5. The van der Waals surface area contributed by atoms with Crippen LogP contribution in [0.15, 0.2) is 91.0 Å². The molecular formula is C21H24BrOP. The molecular weight excluding hydrogens is 379 g/mol. The first-order valence-electron chi connectivity index (χ1n) is 8.02. The van der Waals surface area contributed by atoms with Gasteiger partial charge in [0.1, 0.15) is 0 Å². The van der Waals surface area contributed by atoms with Crippen molar-refractivity contribution in [3.63, 3.8) is 0 Å². The summed E-state index contributed by atoms with van der Waals surface area (Å²) < 4.78 is 6.56. The standard InChI is InChI=1S/C21H23OP.BrH/c1-3-23(22-2,19-13-7-4-8-14-19,20-15-9-5-10-16-20)21-17-11-6-12-18-21;/h4-18H,3H2,1-2H3;1H. The van der Waals surface area contributed by atoms with Crippen LogP contribution in [0.2, 0.25) is 0 Å². The molecule has 3 aromatic carbocycles. The summed E-state index contributed by atoms with van der Waals surface area (Å²) >= 11 is 0. The van der Waals surface area contributed by atoms with Gasteiger partial charge in [-0.15, -0.1) is 17.0 Å². The van der Waals surface area contributed by atoms with E-state index in [0.29, 0.717) is 0 Å². The van der Waals surface area contributed by atoms with Gasteiger partial charge >= 0.3 is 138 Å². The van der Waals surface area contributed by atoms with Crippen LogP contribution >= 0.6 is 23.8 Å². The van der Waals surface area contributed by atoms with Crippen molar-refractivity contribution in [2.45, 2.75) is 6.92 Å². The van der Waals surface area contributed by atoms with Gasteiger partial charge in [0.15, 0.2) is 0 Å². The molecule has 0 bridgehead atoms. The zero-order valence-corrected chi connectivity index (χ0v) is 16.7. The van der Waals surface area contributed by atoms with Crippen molar-refractivity contribution in [1.82, 2.24) is 0 Å². The molecule has 0 unspecified atom stereocenters. The quantitative estimate of drug-likeness (QED) is 0.563. The van der Waals surface area contributed by atoms with Crippen LogP contribution in [0.25, 0.3) is 0 Å². The van der Waals surface area contributed by atoms with E-state index in [9.17, 15) is 0 Å². The molecule has 0 heterocycles. The Morgan fingerprint density at radius 3 is 1.12 bits per heavy atom. The molecule has 3 aromatic rings. The van der Waals surface area contributed by atoms with Gasteiger partial charge in [-0.2, -0.15) is 0 Å². The van der Waals surface area contributed by atoms with Crippen molar-refractivity contribution in [3.8, 4) is 0 Å². The second-order valence-corrected chi connectivity index (χ2v) is 10.7. The topological polar surface area (TPSA) is 9.23 Å². The van der Waals surface area contributed by atoms with E-state index in [-0.39, 0.29) is 17.0 Å². The summed E-state index contributed by atoms with van der Waals surface area (Å²) in [5.74, 6) is 0. The van der Waals surface area contributed by atoms with Gasteiger partial charge in [-0.25, -0.2) is 0 Å². The summed E-state index contributed by atoms with van der Waals surface area (Å²) in [5.41, 5.74) is 0. The first-order valence-corrected chi connectivity index (χ1v) is 10.4. The number of halogens is 1. The Morgan fingerprint density at radius 1 is 0.625 bits per heavy atom. The van der Waals surface area contributed by atoms with Gasteiger partial charge in [0, 0.05) is 0 Å². The maximum atomic E-state index is 6.56. The molecule has 126 valence electrons. The van der Waals surface area contributed by atoms with Crippen LogP contribution in [-0.2, 0) is 4.52 Å². The van der Waals surface area contributed by atoms with Crippen molar-refractivity contribution in [2.24, 2.45) is 0 Å². The van der Waals surface area contributed by atoms with E-state index in [1.54, 1.807) is 0 Å². The van der Waals surface area contributed by atoms with Gasteiger partial charge in [0.05, 0.1) is 0 Å². The summed E-state index contributed by atoms with van der Waals surface area (Å²) in [4.78, 5) is 0. The van der Waals surface area contributed by atoms with Crippen LogP contribution in [0.5, 0.6) is 0 Å². The van der Waals surface area contributed by atoms with E-state index in [2.05, 4.69) is 97.9 Å². The molecule has 0 spiro atoms. The first-order chi connectivity index (χ1) is 11.3. The van der Waals surface area contributed by atoms with Crippen molar-refractivity contribution < 1.29 is 4.52 Å². The van der Waals surface area contributed by atoms with E-state index in [0.717, 1.165) is 6.16 Å². The predicted molar refractivity (Wildman–Crippen MR) is 113 cm³/mol. The van der Waals surface area contributed by atoms with Gasteiger partial charge in [-0.3, -0.25) is 0 Å². The normalized spacial score (nSPS) is 12.7. The van der Waals surface area contributed by atoms with Crippen LogP contribution in [0, 0.1) is 0 Å². The summed E-state index contributed by atoms with van der Waals surface area (Å²) in [6, 6.07) is 32.1. The minimum absolute atomic E-state index is 0. The van der Waals surface area contributed by atoms with E-state index >= 15 is 0 Å². The molecule has 0 amide bonds. The van der Waals surface area contributed by atoms with Crippen LogP contribution in [-0.4, -0.2) is 13.3 Å². The van der Waals surface area contributed by atoms with Gasteiger partial charge in [0.25, 0.3) is 0 Å². The van der Waals surface area contributed by atoms with E-state index < -0.39 is 6.83 Å². The Morgan fingerprint density at radius 2 is 0.917 bits per heavy atom. The fourth-order valence-electron chi connectivity index (χ4n) is 3.67. The molecule has 0 saturated heterocycles. The number of hydrogen-bond donors (Lipinski definition) is 0. The monoisotopic (exact) mass is 402 g/mol. The predicted octanol–water partition coefficient (Wildman–Crippen LogP) is 4.68. The Kier molecular flexibility index (Phi) is 5.98. The van der Waals surface area contributed by atoms with Gasteiger partial charge < -0.3 is 0 Å². The summed E-state index contributed by atoms with van der Waals surface area (Å²) in [7, 11) is 1.87. The Balaban J connectivity index is 0.00000208. The molecule has 0 fully saturated rings. The van der Waals surface area contributed by atoms with Crippen LogP contribution in [0.4, 0.5) is 0 Å². The van der Waals surface area contributed by atoms with Gasteiger partial charge in [0.2, 0.25) is 0 Å². The van der Waals surface area contributed by atoms with Crippen molar-refractivity contribution in [1.29, 1.82) is 0 Å². The summed E-state index contributed by atoms with van der Waals surface area (Å²) in [5, 5.41) is 3.84. The third-order valence-corrected chi connectivity index (χ3v) is 11.1. The maximum absolute atomic E-state index is 6.56. The SMILES string of the molecule is Br.CCP(OC)(c1ccccc1)(c1ccccc1)c1ccccc1. The second kappa shape index (κ2) is 7.61. The molecule has 0 atom stereocenters. The molecule has 3 heteroatoms. The Labute approximate surface area is 155 Å². The van der Waals surface area contributed by atoms with Crippen LogP contribution in [0.1, 0.15) is 6.92 Å².